The quantitative estimate of drug-likeness (QED) is 0.101. The van der Waals surface area contributed by atoms with E-state index in [1.165, 1.54) is 0 Å². The van der Waals surface area contributed by atoms with Crippen LogP contribution in [0.25, 0.3) is 0 Å². The molecule has 0 spiro atoms. The van der Waals surface area contributed by atoms with Crippen LogP contribution in [0.4, 0.5) is 0 Å². The van der Waals surface area contributed by atoms with Crippen molar-refractivity contribution >= 4 is 16.0 Å². The Morgan fingerprint density at radius 1 is 1.02 bits per heavy atom. The molecule has 0 radical (unpaired) electrons. The van der Waals surface area contributed by atoms with E-state index >= 15 is 0 Å². The first-order chi connectivity index (χ1) is 19.5. The molecule has 0 aliphatic heterocycles. The molecule has 0 aromatic rings. The molecule has 4 saturated carbocycles. The molecule has 4 fully saturated rings. The van der Waals surface area contributed by atoms with E-state index in [1.54, 1.807) is 0 Å². The smallest absolute Gasteiger partial charge is 0.748 e. The van der Waals surface area contributed by atoms with Gasteiger partial charge in [-0.15, -0.1) is 0 Å². The number of fused-ring (bicyclic) bond motifs is 5. The molecule has 0 heterocycles. The van der Waals surface area contributed by atoms with Crippen LogP contribution >= 0.6 is 0 Å². The molecule has 4 aliphatic rings. The van der Waals surface area contributed by atoms with E-state index in [2.05, 4.69) is 26.1 Å². The van der Waals surface area contributed by atoms with Crippen molar-refractivity contribution in [2.24, 2.45) is 46.3 Å². The monoisotopic (exact) mass is 637 g/mol. The molecule has 0 unspecified atom stereocenters. The number of hydrogen-bond acceptors (Lipinski definition) is 7. The van der Waals surface area contributed by atoms with E-state index in [4.69, 9.17) is 0 Å². The van der Waals surface area contributed by atoms with Gasteiger partial charge in [-0.2, -0.15) is 0 Å². The first-order valence-electron chi connectivity index (χ1n) is 16.5. The van der Waals surface area contributed by atoms with Crippen LogP contribution in [-0.2, 0) is 14.9 Å². The second-order valence-electron chi connectivity index (χ2n) is 15.7. The third-order valence-corrected chi connectivity index (χ3v) is 13.6. The Labute approximate surface area is 282 Å². The summed E-state index contributed by atoms with van der Waals surface area (Å²) in [4.78, 5) is 12.7. The van der Waals surface area contributed by atoms with E-state index < -0.39 is 16.2 Å². The fraction of sp³-hybridized carbons (Fsp3) is 0.969. The van der Waals surface area contributed by atoms with E-state index in [0.717, 1.165) is 64.3 Å². The van der Waals surface area contributed by atoms with Crippen molar-refractivity contribution in [1.82, 2.24) is 5.32 Å². The normalized spacial score (nSPS) is 40.0. The number of carbonyl (C=O) groups excluding carboxylic acids is 1. The Morgan fingerprint density at radius 2 is 1.70 bits per heavy atom. The molecule has 244 valence electrons. The van der Waals surface area contributed by atoms with Crippen molar-refractivity contribution in [3.05, 3.63) is 0 Å². The fourth-order valence-corrected chi connectivity index (χ4v) is 10.8. The van der Waals surface area contributed by atoms with Gasteiger partial charge in [-0.25, -0.2) is 8.42 Å². The second kappa shape index (κ2) is 14.5. The number of aliphatic hydroxyl groups is 3. The van der Waals surface area contributed by atoms with Crippen molar-refractivity contribution in [3.63, 3.8) is 0 Å². The largest absolute Gasteiger partial charge is 1.00 e. The average molecular weight is 638 g/mol. The summed E-state index contributed by atoms with van der Waals surface area (Å²) in [7, 11) is -0.177. The van der Waals surface area contributed by atoms with Crippen molar-refractivity contribution in [2.75, 3.05) is 39.5 Å². The molecule has 9 nitrogen and oxygen atoms in total. The van der Waals surface area contributed by atoms with Crippen molar-refractivity contribution in [1.29, 1.82) is 0 Å². The van der Waals surface area contributed by atoms with Crippen LogP contribution < -0.4 is 34.9 Å². The molecule has 1 amide bonds. The summed E-state index contributed by atoms with van der Waals surface area (Å²) in [5.41, 5.74) is -0.191. The second-order valence-corrected chi connectivity index (χ2v) is 17.3. The zero-order valence-corrected chi connectivity index (χ0v) is 30.4. The minimum Gasteiger partial charge on any atom is -0.748 e. The number of nitrogens with one attached hydrogen (secondary N) is 1. The predicted octanol–water partition coefficient (Wildman–Crippen LogP) is -0.114. The maximum absolute atomic E-state index is 12.7. The summed E-state index contributed by atoms with van der Waals surface area (Å²) >= 11 is 0. The minimum atomic E-state index is -4.18. The van der Waals surface area contributed by atoms with Gasteiger partial charge in [-0.1, -0.05) is 20.8 Å². The zero-order valence-electron chi connectivity index (χ0n) is 27.6. The Hall–Kier alpha value is 0.220. The van der Waals surface area contributed by atoms with Gasteiger partial charge in [0, 0.05) is 31.6 Å². The maximum Gasteiger partial charge on any atom is 1.00 e. The molecule has 43 heavy (non-hydrogen) atoms. The van der Waals surface area contributed by atoms with Crippen molar-refractivity contribution in [2.45, 2.75) is 110 Å². The number of hydrogen-bond donors (Lipinski definition) is 4. The van der Waals surface area contributed by atoms with Gasteiger partial charge >= 0.3 is 29.6 Å². The van der Waals surface area contributed by atoms with Gasteiger partial charge < -0.3 is 29.7 Å². The third kappa shape index (κ3) is 8.39. The minimum absolute atomic E-state index is 0. The molecule has 11 heteroatoms. The SMILES string of the molecule is C[C@H](CCC(=O)NCCC[N+](C)(C)CCCS(=O)(=O)[O-])[C@H]1CC[C@H]2[C@@H]3[C@H](O)C[C@@H]4C[C@H](O)CC[C@]4(C)[C@H]3C[C@H](O)[C@]12C.[Na+]. The first kappa shape index (κ1) is 37.7. The van der Waals surface area contributed by atoms with Crippen LogP contribution in [0.2, 0.25) is 0 Å². The molecule has 0 bridgehead atoms. The molecular formula is C32H58N2NaO7S+. The van der Waals surface area contributed by atoms with Crippen LogP contribution in [0, 0.1) is 46.3 Å². The van der Waals surface area contributed by atoms with E-state index in [1.807, 2.05) is 14.1 Å². The summed E-state index contributed by atoms with van der Waals surface area (Å²) in [5, 5.41) is 36.6. The molecule has 4 N–H and O–H groups in total. The van der Waals surface area contributed by atoms with Crippen LogP contribution in [-0.4, -0.2) is 96.5 Å². The van der Waals surface area contributed by atoms with Gasteiger partial charge in [-0.3, -0.25) is 4.79 Å². The van der Waals surface area contributed by atoms with Crippen molar-refractivity contribution in [3.8, 4) is 0 Å². The number of nitrogens with zero attached hydrogens (tertiary/aromatic N) is 1. The zero-order chi connectivity index (χ0) is 31.1. The van der Waals surface area contributed by atoms with Gasteiger partial charge in [-0.05, 0) is 97.7 Å². The van der Waals surface area contributed by atoms with Gasteiger partial charge in [0.15, 0.2) is 0 Å². The summed E-state index contributed by atoms with van der Waals surface area (Å²) in [6.45, 7) is 8.78. The third-order valence-electron chi connectivity index (χ3n) is 12.8. The number of aliphatic hydroxyl groups excluding tert-OH is 3. The predicted molar refractivity (Wildman–Crippen MR) is 161 cm³/mol. The van der Waals surface area contributed by atoms with Gasteiger partial charge in [0.2, 0.25) is 5.91 Å². The standard InChI is InChI=1S/C32H58N2O7S.Na/c1-21(8-11-29(38)33-14-6-15-34(4,5)16-7-17-42(39,40)41)24-9-10-25-30-26(20-28(37)32(24,25)3)31(2)13-12-23(35)18-22(31)19-27(30)36;/h21-28,30,35-37H,6-20H2,1-5H3,(H-,33,38,39,40,41);/q;+1/t21-,22+,23-,24-,25+,26+,27-,28+,30+,31+,32-;/m1./s1. The van der Waals surface area contributed by atoms with Gasteiger partial charge in [0.1, 0.15) is 0 Å². The fourth-order valence-electron chi connectivity index (χ4n) is 10.3. The summed E-state index contributed by atoms with van der Waals surface area (Å²) < 4.78 is 33.1. The van der Waals surface area contributed by atoms with E-state index in [0.29, 0.717) is 48.2 Å². The van der Waals surface area contributed by atoms with Crippen molar-refractivity contribution < 1.29 is 67.1 Å². The van der Waals surface area contributed by atoms with E-state index in [9.17, 15) is 33.1 Å². The number of amides is 1. The van der Waals surface area contributed by atoms with Crippen LogP contribution in [0.5, 0.6) is 0 Å². The molecular weight excluding hydrogens is 579 g/mol. The van der Waals surface area contributed by atoms with E-state index in [-0.39, 0.29) is 82.0 Å². The number of rotatable bonds is 12. The maximum atomic E-state index is 12.7. The number of quaternary nitrogens is 1. The Balaban J connectivity index is 0.00000506. The summed E-state index contributed by atoms with van der Waals surface area (Å²) in [6, 6.07) is 0. The molecule has 0 saturated heterocycles. The summed E-state index contributed by atoms with van der Waals surface area (Å²) in [5.74, 6) is 1.38. The molecule has 4 aliphatic carbocycles. The Bertz CT molecular complexity index is 1060. The van der Waals surface area contributed by atoms with Gasteiger partial charge in [0.25, 0.3) is 0 Å². The number of carbonyl (C=O) groups is 1. The topological polar surface area (TPSA) is 147 Å². The molecule has 0 aromatic heterocycles. The van der Waals surface area contributed by atoms with Crippen LogP contribution in [0.15, 0.2) is 0 Å². The molecule has 0 aromatic carbocycles. The summed E-state index contributed by atoms with van der Waals surface area (Å²) in [6.07, 6.45) is 7.35. The molecule has 11 atom stereocenters. The van der Waals surface area contributed by atoms with Gasteiger partial charge in [0.05, 0.1) is 55.6 Å². The average Bonchev–Trinajstić information content (AvgIpc) is 3.24. The van der Waals surface area contributed by atoms with Crippen LogP contribution in [0.1, 0.15) is 91.4 Å². The Kier molecular flexibility index (Phi) is 12.7. The first-order valence-corrected chi connectivity index (χ1v) is 18.1. The van der Waals surface area contributed by atoms with Crippen LogP contribution in [0.3, 0.4) is 0 Å². The Morgan fingerprint density at radius 3 is 2.37 bits per heavy atom. The molecule has 4 rings (SSSR count).